The van der Waals surface area contributed by atoms with Crippen LogP contribution in [0, 0.1) is 5.82 Å². The van der Waals surface area contributed by atoms with Crippen LogP contribution in [0.4, 0.5) is 4.39 Å². The molecule has 5 heteroatoms. The molecule has 0 saturated carbocycles. The minimum atomic E-state index is -0.245. The summed E-state index contributed by atoms with van der Waals surface area (Å²) in [6.45, 7) is 4.41. The van der Waals surface area contributed by atoms with E-state index in [9.17, 15) is 4.39 Å². The molecule has 3 aromatic heterocycles. The Balaban J connectivity index is 1.60. The first-order valence-electron chi connectivity index (χ1n) is 10.6. The van der Waals surface area contributed by atoms with Crippen molar-refractivity contribution >= 4 is 5.52 Å². The molecule has 4 heterocycles. The van der Waals surface area contributed by atoms with Crippen molar-refractivity contribution in [2.24, 2.45) is 0 Å². The van der Waals surface area contributed by atoms with Crippen LogP contribution in [-0.2, 0) is 6.54 Å². The molecule has 1 atom stereocenters. The molecule has 0 spiro atoms. The van der Waals surface area contributed by atoms with Gasteiger partial charge in [0.15, 0.2) is 0 Å². The number of rotatable bonds is 4. The normalized spacial score (nSPS) is 17.5. The van der Waals surface area contributed by atoms with Crippen LogP contribution >= 0.6 is 0 Å². The van der Waals surface area contributed by atoms with E-state index in [2.05, 4.69) is 35.1 Å². The van der Waals surface area contributed by atoms with E-state index in [0.29, 0.717) is 6.04 Å². The molecule has 4 nitrogen and oxygen atoms in total. The molecule has 0 radical (unpaired) electrons. The van der Waals surface area contributed by atoms with Gasteiger partial charge in [-0.25, -0.2) is 8.91 Å². The van der Waals surface area contributed by atoms with E-state index in [1.807, 2.05) is 16.6 Å². The molecule has 0 amide bonds. The zero-order chi connectivity index (χ0) is 20.5. The fourth-order valence-corrected chi connectivity index (χ4v) is 4.43. The van der Waals surface area contributed by atoms with Gasteiger partial charge in [-0.05, 0) is 79.9 Å². The lowest BCUT2D eigenvalue weighted by atomic mass is 10.0. The molecule has 5 rings (SSSR count). The lowest BCUT2D eigenvalue weighted by molar-refractivity contribution is 0.152. The maximum absolute atomic E-state index is 13.5. The largest absolute Gasteiger partial charge is 0.296 e. The van der Waals surface area contributed by atoms with E-state index in [1.165, 1.54) is 37.0 Å². The van der Waals surface area contributed by atoms with Gasteiger partial charge in [-0.2, -0.15) is 5.10 Å². The van der Waals surface area contributed by atoms with E-state index < -0.39 is 0 Å². The third kappa shape index (κ3) is 3.61. The van der Waals surface area contributed by atoms with Crippen LogP contribution in [0.5, 0.6) is 0 Å². The van der Waals surface area contributed by atoms with E-state index >= 15 is 0 Å². The molecule has 1 aliphatic heterocycles. The second-order valence-electron chi connectivity index (χ2n) is 8.15. The number of hydrogen-bond acceptors (Lipinski definition) is 3. The van der Waals surface area contributed by atoms with Crippen molar-refractivity contribution in [3.63, 3.8) is 0 Å². The van der Waals surface area contributed by atoms with Crippen molar-refractivity contribution in [1.82, 2.24) is 19.5 Å². The zero-order valence-corrected chi connectivity index (χ0v) is 17.1. The number of hydrogen-bond donors (Lipinski definition) is 0. The number of fused-ring (bicyclic) bond motifs is 1. The molecule has 0 N–H and O–H groups in total. The Morgan fingerprint density at radius 2 is 1.77 bits per heavy atom. The maximum atomic E-state index is 13.5. The first-order valence-corrected chi connectivity index (χ1v) is 10.6. The van der Waals surface area contributed by atoms with Crippen molar-refractivity contribution < 1.29 is 4.39 Å². The Hall–Kier alpha value is -3.05. The summed E-state index contributed by atoms with van der Waals surface area (Å²) in [5.74, 6) is -0.245. The molecular weight excluding hydrogens is 375 g/mol. The second kappa shape index (κ2) is 8.00. The summed E-state index contributed by atoms with van der Waals surface area (Å²) in [4.78, 5) is 6.71. The summed E-state index contributed by atoms with van der Waals surface area (Å²) in [5.41, 5.74) is 6.14. The van der Waals surface area contributed by atoms with Crippen LogP contribution in [0.1, 0.15) is 31.7 Å². The fourth-order valence-electron chi connectivity index (χ4n) is 4.43. The quantitative estimate of drug-likeness (QED) is 0.449. The van der Waals surface area contributed by atoms with Gasteiger partial charge in [0.25, 0.3) is 0 Å². The topological polar surface area (TPSA) is 33.4 Å². The Morgan fingerprint density at radius 1 is 0.967 bits per heavy atom. The van der Waals surface area contributed by atoms with E-state index in [0.717, 1.165) is 41.0 Å². The summed E-state index contributed by atoms with van der Waals surface area (Å²) < 4.78 is 15.5. The molecule has 0 unspecified atom stereocenters. The number of nitrogens with zero attached hydrogens (tertiary/aromatic N) is 4. The van der Waals surface area contributed by atoms with Gasteiger partial charge in [-0.3, -0.25) is 9.88 Å². The average molecular weight is 401 g/mol. The van der Waals surface area contributed by atoms with Crippen molar-refractivity contribution in [3.05, 3.63) is 78.5 Å². The minimum Gasteiger partial charge on any atom is -0.296 e. The van der Waals surface area contributed by atoms with Crippen LogP contribution in [0.15, 0.2) is 67.1 Å². The Morgan fingerprint density at radius 3 is 2.53 bits per heavy atom. The van der Waals surface area contributed by atoms with Gasteiger partial charge >= 0.3 is 0 Å². The monoisotopic (exact) mass is 400 g/mol. The summed E-state index contributed by atoms with van der Waals surface area (Å²) in [5, 5.41) is 4.92. The van der Waals surface area contributed by atoms with E-state index in [-0.39, 0.29) is 5.82 Å². The molecular formula is C25H25FN4. The number of benzene rings is 1. The fraction of sp³-hybridized carbons (Fsp3) is 0.280. The second-order valence-corrected chi connectivity index (χ2v) is 8.15. The molecule has 152 valence electrons. The predicted molar refractivity (Wildman–Crippen MR) is 118 cm³/mol. The minimum absolute atomic E-state index is 0.245. The Kier molecular flexibility index (Phi) is 5.05. The van der Waals surface area contributed by atoms with E-state index in [4.69, 9.17) is 5.10 Å². The van der Waals surface area contributed by atoms with E-state index in [1.54, 1.807) is 24.5 Å². The van der Waals surface area contributed by atoms with Crippen molar-refractivity contribution in [2.45, 2.75) is 38.8 Å². The lowest BCUT2D eigenvalue weighted by Gasteiger charge is -2.33. The third-order valence-corrected chi connectivity index (χ3v) is 6.10. The smallest absolute Gasteiger partial charge is 0.123 e. The summed E-state index contributed by atoms with van der Waals surface area (Å²) >= 11 is 0. The first-order chi connectivity index (χ1) is 14.7. The highest BCUT2D eigenvalue weighted by Gasteiger charge is 2.20. The van der Waals surface area contributed by atoms with Gasteiger partial charge in [0, 0.05) is 42.3 Å². The average Bonchev–Trinajstić information content (AvgIpc) is 3.15. The number of pyridine rings is 2. The van der Waals surface area contributed by atoms with Gasteiger partial charge in [0.1, 0.15) is 11.5 Å². The van der Waals surface area contributed by atoms with Gasteiger partial charge in [-0.1, -0.05) is 12.5 Å². The molecule has 1 fully saturated rings. The number of aromatic nitrogens is 3. The number of likely N-dealkylation sites (tertiary alicyclic amines) is 1. The first kappa shape index (κ1) is 18.9. The summed E-state index contributed by atoms with van der Waals surface area (Å²) in [7, 11) is 0. The molecule has 0 aliphatic carbocycles. The highest BCUT2D eigenvalue weighted by atomic mass is 19.1. The van der Waals surface area contributed by atoms with Crippen molar-refractivity contribution in [1.29, 1.82) is 0 Å². The van der Waals surface area contributed by atoms with Crippen molar-refractivity contribution in [3.8, 4) is 22.4 Å². The van der Waals surface area contributed by atoms with Crippen LogP contribution in [0.25, 0.3) is 27.9 Å². The van der Waals surface area contributed by atoms with Gasteiger partial charge < -0.3 is 0 Å². The standard InChI is InChI=1S/C25H25FN4/c1-18-4-2-3-15-29(18)16-19-5-10-23-24(20-11-13-27-14-12-20)25(28-30(23)17-19)21-6-8-22(26)9-7-21/h5-14,17-18H,2-4,15-16H2,1H3/t18-/m1/s1. The van der Waals surface area contributed by atoms with Crippen molar-refractivity contribution in [2.75, 3.05) is 6.54 Å². The molecule has 30 heavy (non-hydrogen) atoms. The van der Waals surface area contributed by atoms with Crippen LogP contribution < -0.4 is 0 Å². The number of piperidine rings is 1. The van der Waals surface area contributed by atoms with Gasteiger partial charge in [-0.15, -0.1) is 0 Å². The zero-order valence-electron chi connectivity index (χ0n) is 17.1. The molecule has 1 aliphatic rings. The summed E-state index contributed by atoms with van der Waals surface area (Å²) in [6, 6.07) is 15.5. The van der Waals surface area contributed by atoms with Crippen LogP contribution in [-0.4, -0.2) is 32.1 Å². The predicted octanol–water partition coefficient (Wildman–Crippen LogP) is 5.58. The van der Waals surface area contributed by atoms with Gasteiger partial charge in [0.2, 0.25) is 0 Å². The van der Waals surface area contributed by atoms with Crippen LogP contribution in [0.2, 0.25) is 0 Å². The Labute approximate surface area is 176 Å². The maximum Gasteiger partial charge on any atom is 0.123 e. The highest BCUT2D eigenvalue weighted by Crippen LogP contribution is 2.35. The number of halogens is 1. The lowest BCUT2D eigenvalue weighted by Crippen LogP contribution is -2.36. The molecule has 1 aromatic carbocycles. The molecule has 1 saturated heterocycles. The summed E-state index contributed by atoms with van der Waals surface area (Å²) in [6.07, 6.45) is 9.58. The highest BCUT2D eigenvalue weighted by molar-refractivity contribution is 5.92. The van der Waals surface area contributed by atoms with Crippen LogP contribution in [0.3, 0.4) is 0 Å². The Bertz CT molecular complexity index is 1150. The molecule has 4 aromatic rings. The third-order valence-electron chi connectivity index (χ3n) is 6.10. The molecule has 0 bridgehead atoms. The SMILES string of the molecule is C[C@@H]1CCCCN1Cc1ccc2c(-c3ccncc3)c(-c3ccc(F)cc3)nn2c1. The van der Waals surface area contributed by atoms with Gasteiger partial charge in [0.05, 0.1) is 5.52 Å².